The Morgan fingerprint density at radius 2 is 2.03 bits per heavy atom. The van der Waals surface area contributed by atoms with Crippen LogP contribution in [0.25, 0.3) is 10.9 Å². The number of sulfonamides is 1. The van der Waals surface area contributed by atoms with Gasteiger partial charge in [0.2, 0.25) is 5.78 Å². The van der Waals surface area contributed by atoms with Crippen molar-refractivity contribution in [3.63, 3.8) is 0 Å². The number of carbonyl (C=O) groups excluding carboxylic acids is 2. The highest BCUT2D eigenvalue weighted by molar-refractivity contribution is 7.90. The number of hydrogen-bond donors (Lipinski definition) is 1. The van der Waals surface area contributed by atoms with Crippen molar-refractivity contribution in [2.24, 2.45) is 9.39 Å². The van der Waals surface area contributed by atoms with Gasteiger partial charge in [0.1, 0.15) is 0 Å². The minimum atomic E-state index is -3.68. The van der Waals surface area contributed by atoms with E-state index in [1.807, 2.05) is 24.3 Å². The second kappa shape index (κ2) is 6.96. The van der Waals surface area contributed by atoms with Crippen LogP contribution in [0.2, 0.25) is 0 Å². The number of nitrogens with zero attached hydrogens (tertiary/aromatic N) is 3. The van der Waals surface area contributed by atoms with Gasteiger partial charge in [0.05, 0.1) is 5.75 Å². The van der Waals surface area contributed by atoms with Gasteiger partial charge in [0.15, 0.2) is 17.7 Å². The Hall–Kier alpha value is -3.27. The van der Waals surface area contributed by atoms with E-state index in [0.29, 0.717) is 11.3 Å². The van der Waals surface area contributed by atoms with Crippen LogP contribution in [0.4, 0.5) is 0 Å². The van der Waals surface area contributed by atoms with Crippen LogP contribution in [0.15, 0.2) is 46.1 Å². The molecule has 0 aliphatic carbocycles. The first-order valence-corrected chi connectivity index (χ1v) is 10.5. The SMILES string of the molecule is Cc1[nH]c2ccccc2c1C(=O)[C@@H](C)OC(=O)C1=NC=CN2CCS(=O)(=O)N=C12. The predicted molar refractivity (Wildman–Crippen MR) is 107 cm³/mol. The Kier molecular flexibility index (Phi) is 4.58. The number of ketones is 1. The van der Waals surface area contributed by atoms with Crippen molar-refractivity contribution < 1.29 is 22.7 Å². The summed E-state index contributed by atoms with van der Waals surface area (Å²) < 4.78 is 32.6. The highest BCUT2D eigenvalue weighted by Crippen LogP contribution is 2.24. The molecule has 29 heavy (non-hydrogen) atoms. The van der Waals surface area contributed by atoms with Crippen molar-refractivity contribution in [2.75, 3.05) is 12.3 Å². The number of aryl methyl sites for hydroxylation is 1. The molecule has 1 N–H and O–H groups in total. The molecule has 0 fully saturated rings. The molecule has 10 heteroatoms. The number of amidine groups is 1. The minimum absolute atomic E-state index is 0.0910. The number of hydrogen-bond acceptors (Lipinski definition) is 7. The summed E-state index contributed by atoms with van der Waals surface area (Å²) in [7, 11) is -3.68. The minimum Gasteiger partial charge on any atom is -0.449 e. The summed E-state index contributed by atoms with van der Waals surface area (Å²) in [6.07, 6.45) is 1.81. The number of nitrogens with one attached hydrogen (secondary N) is 1. The average molecular weight is 414 g/mol. The van der Waals surface area contributed by atoms with E-state index >= 15 is 0 Å². The smallest absolute Gasteiger partial charge is 0.361 e. The molecule has 0 amide bonds. The quantitative estimate of drug-likeness (QED) is 0.599. The van der Waals surface area contributed by atoms with E-state index in [-0.39, 0.29) is 29.6 Å². The first-order valence-electron chi connectivity index (χ1n) is 8.93. The second-order valence-electron chi connectivity index (χ2n) is 6.75. The van der Waals surface area contributed by atoms with Gasteiger partial charge in [0, 0.05) is 41.1 Å². The van der Waals surface area contributed by atoms with Gasteiger partial charge in [-0.15, -0.1) is 4.40 Å². The number of H-pyrrole nitrogens is 1. The summed E-state index contributed by atoms with van der Waals surface area (Å²) in [5.74, 6) is -1.52. The largest absolute Gasteiger partial charge is 0.449 e. The lowest BCUT2D eigenvalue weighted by Gasteiger charge is -2.27. The molecule has 4 rings (SSSR count). The van der Waals surface area contributed by atoms with Gasteiger partial charge in [-0.2, -0.15) is 0 Å². The van der Waals surface area contributed by atoms with Crippen molar-refractivity contribution in [3.05, 3.63) is 47.9 Å². The third kappa shape index (κ3) is 3.46. The van der Waals surface area contributed by atoms with Crippen LogP contribution in [-0.4, -0.2) is 60.0 Å². The van der Waals surface area contributed by atoms with Crippen LogP contribution in [0.1, 0.15) is 23.0 Å². The topological polar surface area (TPSA) is 121 Å². The van der Waals surface area contributed by atoms with E-state index in [1.54, 1.807) is 6.92 Å². The number of carbonyl (C=O) groups is 2. The first kappa shape index (κ1) is 19.1. The molecule has 2 aliphatic heterocycles. The highest BCUT2D eigenvalue weighted by atomic mass is 32.2. The van der Waals surface area contributed by atoms with E-state index in [1.165, 1.54) is 24.2 Å². The van der Waals surface area contributed by atoms with E-state index < -0.39 is 22.1 Å². The highest BCUT2D eigenvalue weighted by Gasteiger charge is 2.34. The molecule has 0 spiro atoms. The summed E-state index contributed by atoms with van der Waals surface area (Å²) in [6, 6.07) is 7.35. The van der Waals surface area contributed by atoms with E-state index in [9.17, 15) is 18.0 Å². The molecule has 0 radical (unpaired) electrons. The molecular weight excluding hydrogens is 396 g/mol. The molecule has 0 saturated carbocycles. The van der Waals surface area contributed by atoms with Gasteiger partial charge < -0.3 is 14.6 Å². The zero-order valence-electron chi connectivity index (χ0n) is 15.7. The fourth-order valence-corrected chi connectivity index (χ4v) is 4.30. The number of ether oxygens (including phenoxy) is 1. The molecule has 150 valence electrons. The molecule has 1 atom stereocenters. The van der Waals surface area contributed by atoms with Gasteiger partial charge >= 0.3 is 5.97 Å². The fraction of sp³-hybridized carbons (Fsp3) is 0.263. The number of esters is 1. The third-order valence-electron chi connectivity index (χ3n) is 4.74. The van der Waals surface area contributed by atoms with Gasteiger partial charge in [-0.1, -0.05) is 18.2 Å². The standard InChI is InChI=1S/C19H18N4O5S/c1-11-15(13-5-3-4-6-14(13)21-11)17(24)12(2)28-19(25)16-18-22-29(26,27)10-9-23(18)8-7-20-16/h3-8,12,21H,9-10H2,1-2H3/t12-/m1/s1. The summed E-state index contributed by atoms with van der Waals surface area (Å²) in [6.45, 7) is 3.40. The zero-order chi connectivity index (χ0) is 20.8. The van der Waals surface area contributed by atoms with Gasteiger partial charge in [-0.05, 0) is 19.9 Å². The normalized spacial score (nSPS) is 18.6. The van der Waals surface area contributed by atoms with Gasteiger partial charge in [0.25, 0.3) is 10.0 Å². The van der Waals surface area contributed by atoms with Crippen molar-refractivity contribution >= 4 is 44.2 Å². The first-order chi connectivity index (χ1) is 13.8. The molecule has 3 heterocycles. The number of Topliss-reactive ketones (excluding diaryl/α,β-unsaturated/α-hetero) is 1. The van der Waals surface area contributed by atoms with Crippen LogP contribution in [0.3, 0.4) is 0 Å². The lowest BCUT2D eigenvalue weighted by atomic mass is 10.0. The Balaban J connectivity index is 1.59. The number of aliphatic imine (C=N–C) groups is 1. The summed E-state index contributed by atoms with van der Waals surface area (Å²) >= 11 is 0. The van der Waals surface area contributed by atoms with Crippen LogP contribution in [0, 0.1) is 6.92 Å². The molecular formula is C19H18N4O5S. The Labute approximate surface area is 166 Å². The summed E-state index contributed by atoms with van der Waals surface area (Å²) in [5.41, 5.74) is 1.69. The Bertz CT molecular complexity index is 1220. The van der Waals surface area contributed by atoms with Crippen LogP contribution >= 0.6 is 0 Å². The lowest BCUT2D eigenvalue weighted by molar-refractivity contribution is -0.137. The van der Waals surface area contributed by atoms with Crippen LogP contribution in [0.5, 0.6) is 0 Å². The number of benzene rings is 1. The maximum atomic E-state index is 13.0. The van der Waals surface area contributed by atoms with Crippen LogP contribution < -0.4 is 0 Å². The molecule has 1 aromatic heterocycles. The zero-order valence-corrected chi connectivity index (χ0v) is 16.6. The fourth-order valence-electron chi connectivity index (χ4n) is 3.33. The van der Waals surface area contributed by atoms with Crippen molar-refractivity contribution in [1.29, 1.82) is 0 Å². The average Bonchev–Trinajstić information content (AvgIpc) is 3.01. The van der Waals surface area contributed by atoms with Crippen molar-refractivity contribution in [3.8, 4) is 0 Å². The Morgan fingerprint density at radius 3 is 2.83 bits per heavy atom. The number of fused-ring (bicyclic) bond motifs is 2. The lowest BCUT2D eigenvalue weighted by Crippen LogP contribution is -2.45. The predicted octanol–water partition coefficient (Wildman–Crippen LogP) is 1.56. The number of rotatable bonds is 4. The Morgan fingerprint density at radius 1 is 1.28 bits per heavy atom. The maximum Gasteiger partial charge on any atom is 0.361 e. The second-order valence-corrected chi connectivity index (χ2v) is 8.51. The summed E-state index contributed by atoms with van der Waals surface area (Å²) in [5, 5.41) is 0.741. The molecule has 2 aromatic rings. The molecule has 0 saturated heterocycles. The van der Waals surface area contributed by atoms with Crippen molar-refractivity contribution in [1.82, 2.24) is 9.88 Å². The molecule has 9 nitrogen and oxygen atoms in total. The van der Waals surface area contributed by atoms with Crippen LogP contribution in [-0.2, 0) is 19.6 Å². The van der Waals surface area contributed by atoms with Gasteiger partial charge in [-0.25, -0.2) is 18.2 Å². The number of aromatic amines is 1. The van der Waals surface area contributed by atoms with E-state index in [2.05, 4.69) is 14.4 Å². The van der Waals surface area contributed by atoms with E-state index in [0.717, 1.165) is 10.9 Å². The van der Waals surface area contributed by atoms with E-state index in [4.69, 9.17) is 4.74 Å². The molecule has 0 unspecified atom stereocenters. The maximum absolute atomic E-state index is 13.0. The molecule has 0 bridgehead atoms. The summed E-state index contributed by atoms with van der Waals surface area (Å²) in [4.78, 5) is 34.2. The number of para-hydroxylation sites is 1. The molecule has 2 aliphatic rings. The monoisotopic (exact) mass is 414 g/mol. The van der Waals surface area contributed by atoms with Gasteiger partial charge in [-0.3, -0.25) is 4.79 Å². The third-order valence-corrected chi connectivity index (χ3v) is 5.89. The number of aromatic nitrogens is 1. The van der Waals surface area contributed by atoms with Crippen molar-refractivity contribution in [2.45, 2.75) is 20.0 Å². The molecule has 1 aromatic carbocycles.